The van der Waals surface area contributed by atoms with Gasteiger partial charge in [-0.15, -0.1) is 0 Å². The minimum absolute atomic E-state index is 0.356. The lowest BCUT2D eigenvalue weighted by Crippen LogP contribution is -2.35. The molecule has 2 fully saturated rings. The molecule has 2 aliphatic rings. The first-order chi connectivity index (χ1) is 7.81. The van der Waals surface area contributed by atoms with Crippen molar-refractivity contribution >= 4 is 5.78 Å². The Morgan fingerprint density at radius 1 is 1.19 bits per heavy atom. The summed E-state index contributed by atoms with van der Waals surface area (Å²) in [5, 5.41) is 0. The van der Waals surface area contributed by atoms with Crippen molar-refractivity contribution in [2.45, 2.75) is 64.3 Å². The topological polar surface area (TPSA) is 20.3 Å². The van der Waals surface area contributed by atoms with Crippen LogP contribution in [-0.2, 0) is 4.79 Å². The van der Waals surface area contributed by atoms with Gasteiger partial charge in [0.1, 0.15) is 5.78 Å². The van der Waals surface area contributed by atoms with Gasteiger partial charge in [-0.1, -0.05) is 19.8 Å². The second-order valence-corrected chi connectivity index (χ2v) is 5.49. The van der Waals surface area contributed by atoms with Crippen molar-refractivity contribution in [3.05, 3.63) is 0 Å². The molecule has 0 radical (unpaired) electrons. The zero-order valence-corrected chi connectivity index (χ0v) is 10.6. The fourth-order valence-electron chi connectivity index (χ4n) is 2.86. The molecule has 92 valence electrons. The lowest BCUT2D eigenvalue weighted by molar-refractivity contribution is -0.123. The summed E-state index contributed by atoms with van der Waals surface area (Å²) in [7, 11) is 0. The van der Waals surface area contributed by atoms with Crippen LogP contribution in [0.3, 0.4) is 0 Å². The van der Waals surface area contributed by atoms with Crippen molar-refractivity contribution in [1.29, 1.82) is 0 Å². The van der Waals surface area contributed by atoms with E-state index in [0.717, 1.165) is 31.8 Å². The monoisotopic (exact) mass is 223 g/mol. The molecule has 0 saturated heterocycles. The zero-order chi connectivity index (χ0) is 11.4. The summed E-state index contributed by atoms with van der Waals surface area (Å²) in [5.74, 6) is 0.897. The maximum atomic E-state index is 12.0. The minimum atomic E-state index is 0.356. The van der Waals surface area contributed by atoms with Crippen molar-refractivity contribution < 1.29 is 4.79 Å². The van der Waals surface area contributed by atoms with Gasteiger partial charge in [0.05, 0.1) is 0 Å². The Hall–Kier alpha value is -0.370. The van der Waals surface area contributed by atoms with Crippen LogP contribution in [0.1, 0.15) is 58.3 Å². The number of rotatable bonds is 5. The van der Waals surface area contributed by atoms with E-state index < -0.39 is 0 Å². The average Bonchev–Trinajstić information content (AvgIpc) is 3.07. The third kappa shape index (κ3) is 3.31. The van der Waals surface area contributed by atoms with Crippen LogP contribution in [-0.4, -0.2) is 29.8 Å². The largest absolute Gasteiger partial charge is 0.300 e. The van der Waals surface area contributed by atoms with Crippen LogP contribution in [0.5, 0.6) is 0 Å². The van der Waals surface area contributed by atoms with Crippen molar-refractivity contribution in [2.75, 3.05) is 13.1 Å². The van der Waals surface area contributed by atoms with Crippen molar-refractivity contribution in [3.63, 3.8) is 0 Å². The van der Waals surface area contributed by atoms with Crippen LogP contribution in [0.25, 0.3) is 0 Å². The van der Waals surface area contributed by atoms with Gasteiger partial charge < -0.3 is 0 Å². The van der Waals surface area contributed by atoms with Crippen molar-refractivity contribution in [1.82, 2.24) is 4.90 Å². The van der Waals surface area contributed by atoms with E-state index in [-0.39, 0.29) is 0 Å². The standard InChI is InChI=1S/C14H25NO/c1-2-10-15(13-8-9-13)11-12-6-4-3-5-7-14(12)16/h12-13H,2-11H2,1H3. The molecule has 0 spiro atoms. The lowest BCUT2D eigenvalue weighted by Gasteiger charge is -2.25. The smallest absolute Gasteiger partial charge is 0.137 e. The van der Waals surface area contributed by atoms with Crippen LogP contribution in [0.4, 0.5) is 0 Å². The second kappa shape index (κ2) is 5.81. The molecule has 0 aromatic carbocycles. The highest BCUT2D eigenvalue weighted by Crippen LogP contribution is 2.29. The van der Waals surface area contributed by atoms with Gasteiger partial charge in [0.2, 0.25) is 0 Å². The highest BCUT2D eigenvalue weighted by atomic mass is 16.1. The molecule has 0 aromatic heterocycles. The molecule has 0 aromatic rings. The molecule has 2 saturated carbocycles. The van der Waals surface area contributed by atoms with E-state index in [4.69, 9.17) is 0 Å². The molecule has 0 amide bonds. The Labute approximate surface area is 99.4 Å². The van der Waals surface area contributed by atoms with Gasteiger partial charge in [0.15, 0.2) is 0 Å². The fourth-order valence-corrected chi connectivity index (χ4v) is 2.86. The molecule has 1 atom stereocenters. The summed E-state index contributed by atoms with van der Waals surface area (Å²) >= 11 is 0. The Morgan fingerprint density at radius 3 is 2.69 bits per heavy atom. The number of carbonyl (C=O) groups is 1. The Balaban J connectivity index is 1.86. The third-order valence-electron chi connectivity index (χ3n) is 3.96. The molecule has 1 unspecified atom stereocenters. The van der Waals surface area contributed by atoms with E-state index in [9.17, 15) is 4.79 Å². The highest BCUT2D eigenvalue weighted by molar-refractivity contribution is 5.81. The Morgan fingerprint density at radius 2 is 2.00 bits per heavy atom. The number of Topliss-reactive ketones (excluding diaryl/α,β-unsaturated/α-hetero) is 1. The predicted molar refractivity (Wildman–Crippen MR) is 66.5 cm³/mol. The SMILES string of the molecule is CCCN(CC1CCCCCC1=O)C1CC1. The summed E-state index contributed by atoms with van der Waals surface area (Å²) in [5.41, 5.74) is 0. The second-order valence-electron chi connectivity index (χ2n) is 5.49. The summed E-state index contributed by atoms with van der Waals surface area (Å²) in [4.78, 5) is 14.5. The maximum Gasteiger partial charge on any atom is 0.137 e. The molecular formula is C14H25NO. The predicted octanol–water partition coefficient (Wildman–Crippen LogP) is 3.01. The van der Waals surface area contributed by atoms with Gasteiger partial charge in [0, 0.05) is 24.9 Å². The van der Waals surface area contributed by atoms with Crippen LogP contribution in [0.2, 0.25) is 0 Å². The first-order valence-electron chi connectivity index (χ1n) is 7.08. The van der Waals surface area contributed by atoms with E-state index in [1.165, 1.54) is 38.6 Å². The number of nitrogens with zero attached hydrogens (tertiary/aromatic N) is 1. The zero-order valence-electron chi connectivity index (χ0n) is 10.6. The molecule has 2 nitrogen and oxygen atoms in total. The van der Waals surface area contributed by atoms with E-state index in [1.54, 1.807) is 0 Å². The molecule has 2 rings (SSSR count). The normalized spacial score (nSPS) is 27.1. The van der Waals surface area contributed by atoms with Crippen LogP contribution in [0.15, 0.2) is 0 Å². The third-order valence-corrected chi connectivity index (χ3v) is 3.96. The number of carbonyl (C=O) groups excluding carboxylic acids is 1. The van der Waals surface area contributed by atoms with Gasteiger partial charge >= 0.3 is 0 Å². The van der Waals surface area contributed by atoms with Crippen LogP contribution < -0.4 is 0 Å². The summed E-state index contributed by atoms with van der Waals surface area (Å²) in [6, 6.07) is 0.816. The number of hydrogen-bond acceptors (Lipinski definition) is 2. The first kappa shape index (κ1) is 12.1. The van der Waals surface area contributed by atoms with Gasteiger partial charge in [0.25, 0.3) is 0 Å². The molecule has 0 aliphatic heterocycles. The maximum absolute atomic E-state index is 12.0. The summed E-state index contributed by atoms with van der Waals surface area (Å²) in [6.07, 6.45) is 9.59. The van der Waals surface area contributed by atoms with Crippen LogP contribution >= 0.6 is 0 Å². The molecule has 0 bridgehead atoms. The fraction of sp³-hybridized carbons (Fsp3) is 0.929. The van der Waals surface area contributed by atoms with Gasteiger partial charge in [-0.3, -0.25) is 9.69 Å². The van der Waals surface area contributed by atoms with Crippen molar-refractivity contribution in [3.8, 4) is 0 Å². The molecular weight excluding hydrogens is 198 g/mol. The van der Waals surface area contributed by atoms with Crippen LogP contribution in [0, 0.1) is 5.92 Å². The van der Waals surface area contributed by atoms with E-state index in [0.29, 0.717) is 11.7 Å². The van der Waals surface area contributed by atoms with Gasteiger partial charge in [-0.2, -0.15) is 0 Å². The molecule has 0 heterocycles. The Bertz CT molecular complexity index is 235. The number of ketones is 1. The van der Waals surface area contributed by atoms with E-state index >= 15 is 0 Å². The number of hydrogen-bond donors (Lipinski definition) is 0. The quantitative estimate of drug-likeness (QED) is 0.668. The molecule has 2 aliphatic carbocycles. The first-order valence-corrected chi connectivity index (χ1v) is 7.08. The molecule has 16 heavy (non-hydrogen) atoms. The van der Waals surface area contributed by atoms with E-state index in [1.807, 2.05) is 0 Å². The van der Waals surface area contributed by atoms with Gasteiger partial charge in [-0.05, 0) is 38.6 Å². The van der Waals surface area contributed by atoms with E-state index in [2.05, 4.69) is 11.8 Å². The van der Waals surface area contributed by atoms with Gasteiger partial charge in [-0.25, -0.2) is 0 Å². The highest BCUT2D eigenvalue weighted by Gasteiger charge is 2.31. The summed E-state index contributed by atoms with van der Waals surface area (Å²) in [6.45, 7) is 4.48. The summed E-state index contributed by atoms with van der Waals surface area (Å²) < 4.78 is 0. The Kier molecular flexibility index (Phi) is 4.39. The average molecular weight is 223 g/mol. The van der Waals surface area contributed by atoms with Crippen molar-refractivity contribution in [2.24, 2.45) is 5.92 Å². The minimum Gasteiger partial charge on any atom is -0.300 e. The lowest BCUT2D eigenvalue weighted by atomic mass is 9.98. The molecule has 2 heteroatoms. The molecule has 0 N–H and O–H groups in total.